The van der Waals surface area contributed by atoms with E-state index in [0.717, 1.165) is 21.8 Å². The molecule has 0 aromatic heterocycles. The van der Waals surface area contributed by atoms with E-state index < -0.39 is 5.91 Å². The molecule has 1 aromatic rings. The molecule has 0 saturated carbocycles. The van der Waals surface area contributed by atoms with Gasteiger partial charge in [-0.15, -0.1) is 0 Å². The summed E-state index contributed by atoms with van der Waals surface area (Å²) in [7, 11) is 3.09. The molecule has 1 heterocycles. The van der Waals surface area contributed by atoms with Crippen molar-refractivity contribution in [1.82, 2.24) is 5.32 Å². The van der Waals surface area contributed by atoms with Crippen LogP contribution in [-0.2, 0) is 9.59 Å². The Morgan fingerprint density at radius 1 is 1.32 bits per heavy atom. The molecule has 8 heteroatoms. The Morgan fingerprint density at radius 3 is 2.55 bits per heavy atom. The maximum atomic E-state index is 11.9. The number of amidine groups is 1. The number of halogens is 1. The number of nitrogens with zero attached hydrogens (tertiary/aromatic N) is 1. The van der Waals surface area contributed by atoms with Gasteiger partial charge in [-0.1, -0.05) is 15.9 Å². The fourth-order valence-electron chi connectivity index (χ4n) is 1.73. The molecular formula is C14H13BrN2O4S. The Bertz CT molecular complexity index is 700. The number of hydrogen-bond acceptors (Lipinski definition) is 5. The quantitative estimate of drug-likeness (QED) is 0.810. The molecule has 2 amide bonds. The van der Waals surface area contributed by atoms with Gasteiger partial charge in [0, 0.05) is 11.4 Å². The molecule has 0 saturated heterocycles. The highest BCUT2D eigenvalue weighted by Gasteiger charge is 2.23. The van der Waals surface area contributed by atoms with Crippen molar-refractivity contribution in [3.05, 3.63) is 27.1 Å². The second-order valence-corrected chi connectivity index (χ2v) is 6.13. The van der Waals surface area contributed by atoms with E-state index in [1.54, 1.807) is 25.3 Å². The minimum Gasteiger partial charge on any atom is -0.493 e. The summed E-state index contributed by atoms with van der Waals surface area (Å²) in [5.74, 6) is 0.469. The fourth-order valence-corrected chi connectivity index (χ4v) is 3.02. The summed E-state index contributed by atoms with van der Waals surface area (Å²) in [6.45, 7) is 1.36. The van der Waals surface area contributed by atoms with E-state index in [4.69, 9.17) is 9.47 Å². The summed E-state index contributed by atoms with van der Waals surface area (Å²) in [6.07, 6.45) is 1.68. The number of carbonyl (C=O) groups excluding carboxylic acids is 2. The van der Waals surface area contributed by atoms with E-state index >= 15 is 0 Å². The molecule has 116 valence electrons. The van der Waals surface area contributed by atoms with Gasteiger partial charge in [-0.05, 0) is 35.5 Å². The van der Waals surface area contributed by atoms with Crippen molar-refractivity contribution < 1.29 is 19.1 Å². The van der Waals surface area contributed by atoms with E-state index in [0.29, 0.717) is 16.4 Å². The number of nitrogens with one attached hydrogen (secondary N) is 1. The zero-order valence-electron chi connectivity index (χ0n) is 12.1. The van der Waals surface area contributed by atoms with Crippen molar-refractivity contribution >= 4 is 50.7 Å². The maximum Gasteiger partial charge on any atom is 0.286 e. The van der Waals surface area contributed by atoms with Crippen LogP contribution in [0.5, 0.6) is 11.5 Å². The first-order chi connectivity index (χ1) is 10.4. The molecule has 0 fully saturated rings. The lowest BCUT2D eigenvalue weighted by molar-refractivity contribution is -0.117. The highest BCUT2D eigenvalue weighted by Crippen LogP contribution is 2.36. The van der Waals surface area contributed by atoms with Gasteiger partial charge in [0.1, 0.15) is 0 Å². The van der Waals surface area contributed by atoms with Gasteiger partial charge in [-0.25, -0.2) is 0 Å². The van der Waals surface area contributed by atoms with E-state index in [9.17, 15) is 9.59 Å². The molecule has 0 bridgehead atoms. The van der Waals surface area contributed by atoms with Crippen molar-refractivity contribution in [2.45, 2.75) is 6.92 Å². The zero-order chi connectivity index (χ0) is 16.3. The third-order valence-electron chi connectivity index (χ3n) is 2.69. The molecule has 0 spiro atoms. The van der Waals surface area contributed by atoms with Crippen molar-refractivity contribution in [3.63, 3.8) is 0 Å². The number of thioether (sulfide) groups is 1. The van der Waals surface area contributed by atoms with Crippen LogP contribution in [0.4, 0.5) is 0 Å². The molecule has 1 aliphatic rings. The molecule has 0 radical (unpaired) electrons. The van der Waals surface area contributed by atoms with Crippen LogP contribution in [0.15, 0.2) is 26.5 Å². The van der Waals surface area contributed by atoms with Gasteiger partial charge in [0.25, 0.3) is 5.91 Å². The van der Waals surface area contributed by atoms with Gasteiger partial charge in [-0.3, -0.25) is 9.59 Å². The van der Waals surface area contributed by atoms with Crippen molar-refractivity contribution in [2.75, 3.05) is 14.2 Å². The molecule has 0 unspecified atom stereocenters. The molecule has 22 heavy (non-hydrogen) atoms. The van der Waals surface area contributed by atoms with Gasteiger partial charge in [0.05, 0.1) is 19.1 Å². The third-order valence-corrected chi connectivity index (χ3v) is 4.28. The normalized spacial score (nSPS) is 15.7. The van der Waals surface area contributed by atoms with Crippen molar-refractivity contribution in [2.24, 2.45) is 4.99 Å². The number of aliphatic imine (C=N–C) groups is 1. The standard InChI is InChI=1S/C14H13BrN2O4S/c1-7(18)16-14-17-13(19)12(22-14)5-8-4-10(20-2)11(21-3)6-9(8)15/h4-6H,1-3H3,(H,16,17,18,19). The maximum absolute atomic E-state index is 11.9. The Morgan fingerprint density at radius 2 is 1.95 bits per heavy atom. The van der Waals surface area contributed by atoms with Crippen LogP contribution in [-0.4, -0.2) is 31.2 Å². The minimum atomic E-state index is -0.393. The lowest BCUT2D eigenvalue weighted by atomic mass is 10.2. The van der Waals surface area contributed by atoms with Gasteiger partial charge in [-0.2, -0.15) is 4.99 Å². The Kier molecular flexibility index (Phi) is 5.25. The molecular weight excluding hydrogens is 372 g/mol. The molecule has 1 aliphatic heterocycles. The molecule has 1 N–H and O–H groups in total. The van der Waals surface area contributed by atoms with E-state index in [-0.39, 0.29) is 11.1 Å². The highest BCUT2D eigenvalue weighted by atomic mass is 79.9. The first kappa shape index (κ1) is 16.6. The Hall–Kier alpha value is -1.80. The summed E-state index contributed by atoms with van der Waals surface area (Å²) in [4.78, 5) is 27.1. The van der Waals surface area contributed by atoms with Crippen LogP contribution in [0, 0.1) is 0 Å². The van der Waals surface area contributed by atoms with Crippen LogP contribution in [0.1, 0.15) is 12.5 Å². The Labute approximate surface area is 140 Å². The molecule has 1 aromatic carbocycles. The van der Waals surface area contributed by atoms with Crippen LogP contribution < -0.4 is 14.8 Å². The second-order valence-electron chi connectivity index (χ2n) is 4.24. The number of amides is 2. The van der Waals surface area contributed by atoms with Crippen LogP contribution in [0.25, 0.3) is 6.08 Å². The number of carbonyl (C=O) groups is 2. The first-order valence-corrected chi connectivity index (χ1v) is 7.77. The highest BCUT2D eigenvalue weighted by molar-refractivity contribution is 9.10. The summed E-state index contributed by atoms with van der Waals surface area (Å²) in [6, 6.07) is 3.51. The molecule has 2 rings (SSSR count). The van der Waals surface area contributed by atoms with E-state index in [2.05, 4.69) is 26.2 Å². The largest absolute Gasteiger partial charge is 0.493 e. The van der Waals surface area contributed by atoms with Gasteiger partial charge in [0.2, 0.25) is 5.91 Å². The number of methoxy groups -OCH3 is 2. The average molecular weight is 385 g/mol. The van der Waals surface area contributed by atoms with Crippen LogP contribution >= 0.6 is 27.7 Å². The lowest BCUT2D eigenvalue weighted by Gasteiger charge is -2.10. The zero-order valence-corrected chi connectivity index (χ0v) is 14.5. The predicted octanol–water partition coefficient (Wildman–Crippen LogP) is 2.57. The van der Waals surface area contributed by atoms with Crippen molar-refractivity contribution in [1.29, 1.82) is 0 Å². The summed E-state index contributed by atoms with van der Waals surface area (Å²) in [5.41, 5.74) is 0.743. The van der Waals surface area contributed by atoms with E-state index in [1.165, 1.54) is 14.0 Å². The summed E-state index contributed by atoms with van der Waals surface area (Å²) < 4.78 is 11.2. The van der Waals surface area contributed by atoms with E-state index in [1.807, 2.05) is 0 Å². The fraction of sp³-hybridized carbons (Fsp3) is 0.214. The first-order valence-electron chi connectivity index (χ1n) is 6.16. The average Bonchev–Trinajstić information content (AvgIpc) is 2.79. The van der Waals surface area contributed by atoms with Crippen LogP contribution in [0.2, 0.25) is 0 Å². The minimum absolute atomic E-state index is 0.271. The molecule has 0 atom stereocenters. The number of hydrogen-bond donors (Lipinski definition) is 1. The lowest BCUT2D eigenvalue weighted by Crippen LogP contribution is -2.23. The molecule has 6 nitrogen and oxygen atoms in total. The Balaban J connectivity index is 2.31. The number of rotatable bonds is 3. The monoisotopic (exact) mass is 384 g/mol. The van der Waals surface area contributed by atoms with Gasteiger partial charge in [0.15, 0.2) is 16.7 Å². The number of ether oxygens (including phenoxy) is 2. The predicted molar refractivity (Wildman–Crippen MR) is 89.1 cm³/mol. The molecule has 0 aliphatic carbocycles. The van der Waals surface area contributed by atoms with Gasteiger partial charge >= 0.3 is 0 Å². The second kappa shape index (κ2) is 6.97. The van der Waals surface area contributed by atoms with Crippen molar-refractivity contribution in [3.8, 4) is 11.5 Å². The summed E-state index contributed by atoms with van der Waals surface area (Å²) in [5, 5.41) is 2.78. The third kappa shape index (κ3) is 3.69. The topological polar surface area (TPSA) is 77.0 Å². The SMILES string of the molecule is COc1cc(Br)c(C=C2SC(NC(C)=O)=NC2=O)cc1OC. The summed E-state index contributed by atoms with van der Waals surface area (Å²) >= 11 is 4.54. The van der Waals surface area contributed by atoms with Gasteiger partial charge < -0.3 is 14.8 Å². The smallest absolute Gasteiger partial charge is 0.286 e. The van der Waals surface area contributed by atoms with Crippen LogP contribution in [0.3, 0.4) is 0 Å². The number of benzene rings is 1.